The molecule has 0 aliphatic heterocycles. The van der Waals surface area contributed by atoms with Crippen molar-refractivity contribution in [1.82, 2.24) is 0 Å². The van der Waals surface area contributed by atoms with Crippen LogP contribution in [0, 0.1) is 0 Å². The Morgan fingerprint density at radius 2 is 2.00 bits per heavy atom. The zero-order valence-corrected chi connectivity index (χ0v) is 15.0. The molecule has 1 aliphatic rings. The van der Waals surface area contributed by atoms with Crippen LogP contribution in [0.25, 0.3) is 6.08 Å². The zero-order chi connectivity index (χ0) is 18.5. The number of nitrogens with two attached hydrogens (primary N) is 1. The lowest BCUT2D eigenvalue weighted by molar-refractivity contribution is 0.104. The van der Waals surface area contributed by atoms with Crippen molar-refractivity contribution in [3.63, 3.8) is 0 Å². The predicted molar refractivity (Wildman–Crippen MR) is 101 cm³/mol. The summed E-state index contributed by atoms with van der Waals surface area (Å²) in [4.78, 5) is 12.5. The smallest absolute Gasteiger partial charge is 0.189 e. The summed E-state index contributed by atoms with van der Waals surface area (Å²) >= 11 is 6.01. The summed E-state index contributed by atoms with van der Waals surface area (Å²) in [5.41, 5.74) is 8.43. The summed E-state index contributed by atoms with van der Waals surface area (Å²) in [5.74, 6) is 0.392. The van der Waals surface area contributed by atoms with Crippen LogP contribution in [0.3, 0.4) is 0 Å². The summed E-state index contributed by atoms with van der Waals surface area (Å²) in [7, 11) is 0. The van der Waals surface area contributed by atoms with Gasteiger partial charge in [-0.2, -0.15) is 0 Å². The average molecular weight is 374 g/mol. The molecule has 0 aromatic heterocycles. The standard InChI is InChI=1S/C20H20ClNO4/c21-16-2-3-17-14(12-16)11-15(20(17)24)9-13-1-4-18(23)19(10-13)26-8-7-25-6-5-22/h1-4,9-10,12,23H,5-8,11,22H2/b15-9+. The van der Waals surface area contributed by atoms with Gasteiger partial charge in [0, 0.05) is 29.1 Å². The molecule has 6 heteroatoms. The first-order valence-electron chi connectivity index (χ1n) is 8.36. The lowest BCUT2D eigenvalue weighted by Crippen LogP contribution is -2.13. The van der Waals surface area contributed by atoms with E-state index in [0.29, 0.717) is 54.7 Å². The third kappa shape index (κ3) is 4.25. The molecule has 2 aromatic rings. The Morgan fingerprint density at radius 3 is 2.81 bits per heavy atom. The van der Waals surface area contributed by atoms with E-state index in [2.05, 4.69) is 0 Å². The van der Waals surface area contributed by atoms with Crippen molar-refractivity contribution in [2.75, 3.05) is 26.4 Å². The van der Waals surface area contributed by atoms with E-state index in [4.69, 9.17) is 26.8 Å². The van der Waals surface area contributed by atoms with Crippen molar-refractivity contribution in [3.05, 3.63) is 63.7 Å². The van der Waals surface area contributed by atoms with Gasteiger partial charge in [-0.25, -0.2) is 0 Å². The zero-order valence-electron chi connectivity index (χ0n) is 14.2. The van der Waals surface area contributed by atoms with Crippen molar-refractivity contribution in [2.24, 2.45) is 5.73 Å². The quantitative estimate of drug-likeness (QED) is 0.575. The number of phenolic OH excluding ortho intramolecular Hbond substituents is 1. The summed E-state index contributed by atoms with van der Waals surface area (Å²) in [6, 6.07) is 10.3. The minimum Gasteiger partial charge on any atom is -0.504 e. The minimum atomic E-state index is 0.00222. The molecule has 0 atom stereocenters. The number of Topliss-reactive ketones (excluding diaryl/α,β-unsaturated/α-hetero) is 1. The Balaban J connectivity index is 1.73. The van der Waals surface area contributed by atoms with Gasteiger partial charge in [-0.15, -0.1) is 0 Å². The van der Waals surface area contributed by atoms with Crippen LogP contribution in [0.1, 0.15) is 21.5 Å². The van der Waals surface area contributed by atoms with Crippen LogP contribution in [-0.4, -0.2) is 37.3 Å². The molecule has 136 valence electrons. The molecule has 0 bridgehead atoms. The Morgan fingerprint density at radius 1 is 1.15 bits per heavy atom. The monoisotopic (exact) mass is 373 g/mol. The van der Waals surface area contributed by atoms with Gasteiger partial charge in [-0.05, 0) is 47.5 Å². The largest absolute Gasteiger partial charge is 0.504 e. The summed E-state index contributed by atoms with van der Waals surface area (Å²) in [6.07, 6.45) is 2.35. The van der Waals surface area contributed by atoms with Crippen LogP contribution >= 0.6 is 11.6 Å². The second kappa shape index (κ2) is 8.36. The van der Waals surface area contributed by atoms with Gasteiger partial charge in [0.15, 0.2) is 17.3 Å². The van der Waals surface area contributed by atoms with Gasteiger partial charge in [0.05, 0.1) is 13.2 Å². The van der Waals surface area contributed by atoms with Crippen LogP contribution in [0.2, 0.25) is 5.02 Å². The molecule has 0 fully saturated rings. The third-order valence-electron chi connectivity index (χ3n) is 4.06. The van der Waals surface area contributed by atoms with E-state index in [0.717, 1.165) is 11.1 Å². The summed E-state index contributed by atoms with van der Waals surface area (Å²) in [6.45, 7) is 1.61. The molecular formula is C20H20ClNO4. The first kappa shape index (κ1) is 18.5. The Labute approximate surface area is 157 Å². The van der Waals surface area contributed by atoms with Crippen LogP contribution < -0.4 is 10.5 Å². The highest BCUT2D eigenvalue weighted by Crippen LogP contribution is 2.32. The number of hydrogen-bond acceptors (Lipinski definition) is 5. The molecule has 0 unspecified atom stereocenters. The van der Waals surface area contributed by atoms with Gasteiger partial charge in [-0.3, -0.25) is 4.79 Å². The van der Waals surface area contributed by atoms with Crippen molar-refractivity contribution in [1.29, 1.82) is 0 Å². The fraction of sp³-hybridized carbons (Fsp3) is 0.250. The van der Waals surface area contributed by atoms with E-state index in [1.165, 1.54) is 0 Å². The first-order valence-corrected chi connectivity index (χ1v) is 8.73. The second-order valence-electron chi connectivity index (χ2n) is 5.95. The first-order chi connectivity index (χ1) is 12.6. The molecule has 3 N–H and O–H groups in total. The molecule has 5 nitrogen and oxygen atoms in total. The number of hydrogen-bond donors (Lipinski definition) is 2. The topological polar surface area (TPSA) is 81.8 Å². The van der Waals surface area contributed by atoms with E-state index in [1.807, 2.05) is 12.1 Å². The number of halogens is 1. The molecule has 0 saturated heterocycles. The average Bonchev–Trinajstić information content (AvgIpc) is 2.92. The van der Waals surface area contributed by atoms with Crippen molar-refractivity contribution in [3.8, 4) is 11.5 Å². The van der Waals surface area contributed by atoms with Crippen molar-refractivity contribution in [2.45, 2.75) is 6.42 Å². The second-order valence-corrected chi connectivity index (χ2v) is 6.39. The number of carbonyl (C=O) groups excluding carboxylic acids is 1. The number of ether oxygens (including phenoxy) is 2. The molecule has 2 aromatic carbocycles. The number of rotatable bonds is 7. The van der Waals surface area contributed by atoms with E-state index >= 15 is 0 Å². The lowest BCUT2D eigenvalue weighted by Gasteiger charge is -2.09. The van der Waals surface area contributed by atoms with Gasteiger partial charge >= 0.3 is 0 Å². The number of fused-ring (bicyclic) bond motifs is 1. The van der Waals surface area contributed by atoms with Gasteiger partial charge in [0.25, 0.3) is 0 Å². The Bertz CT molecular complexity index is 848. The van der Waals surface area contributed by atoms with E-state index in [-0.39, 0.29) is 11.5 Å². The van der Waals surface area contributed by atoms with Crippen LogP contribution in [0.5, 0.6) is 11.5 Å². The Hall–Kier alpha value is -2.34. The molecule has 0 spiro atoms. The van der Waals surface area contributed by atoms with E-state index < -0.39 is 0 Å². The summed E-state index contributed by atoms with van der Waals surface area (Å²) in [5, 5.41) is 10.6. The minimum absolute atomic E-state index is 0.00222. The maximum absolute atomic E-state index is 12.5. The van der Waals surface area contributed by atoms with Gasteiger partial charge < -0.3 is 20.3 Å². The number of ketones is 1. The third-order valence-corrected chi connectivity index (χ3v) is 4.29. The van der Waals surface area contributed by atoms with Gasteiger partial charge in [-0.1, -0.05) is 17.7 Å². The molecular weight excluding hydrogens is 354 g/mol. The number of allylic oxidation sites excluding steroid dienone is 1. The van der Waals surface area contributed by atoms with Crippen LogP contribution in [0.15, 0.2) is 42.0 Å². The highest BCUT2D eigenvalue weighted by Gasteiger charge is 2.24. The van der Waals surface area contributed by atoms with Crippen molar-refractivity contribution >= 4 is 23.5 Å². The molecule has 0 radical (unpaired) electrons. The molecule has 26 heavy (non-hydrogen) atoms. The van der Waals surface area contributed by atoms with Crippen molar-refractivity contribution < 1.29 is 19.4 Å². The highest BCUT2D eigenvalue weighted by atomic mass is 35.5. The van der Waals surface area contributed by atoms with Crippen LogP contribution in [-0.2, 0) is 11.2 Å². The van der Waals surface area contributed by atoms with E-state index in [9.17, 15) is 9.90 Å². The normalized spacial score (nSPS) is 14.7. The van der Waals surface area contributed by atoms with Gasteiger partial charge in [0.2, 0.25) is 0 Å². The fourth-order valence-corrected chi connectivity index (χ4v) is 3.03. The number of carbonyl (C=O) groups is 1. The maximum Gasteiger partial charge on any atom is 0.189 e. The van der Waals surface area contributed by atoms with E-state index in [1.54, 1.807) is 30.3 Å². The molecule has 3 rings (SSSR count). The van der Waals surface area contributed by atoms with Gasteiger partial charge in [0.1, 0.15) is 6.61 Å². The summed E-state index contributed by atoms with van der Waals surface area (Å²) < 4.78 is 10.8. The SMILES string of the molecule is NCCOCCOc1cc(/C=C2\Cc3cc(Cl)ccc3C2=O)ccc1O. The maximum atomic E-state index is 12.5. The molecule has 0 amide bonds. The van der Waals surface area contributed by atoms with Crippen LogP contribution in [0.4, 0.5) is 0 Å². The number of phenols is 1. The number of benzene rings is 2. The Kier molecular flexibility index (Phi) is 5.93. The molecule has 0 heterocycles. The number of aromatic hydroxyl groups is 1. The highest BCUT2D eigenvalue weighted by molar-refractivity contribution is 6.31. The molecule has 0 saturated carbocycles. The predicted octanol–water partition coefficient (Wildman–Crippen LogP) is 3.22. The fourth-order valence-electron chi connectivity index (χ4n) is 2.84. The molecule has 1 aliphatic carbocycles. The lowest BCUT2D eigenvalue weighted by atomic mass is 10.1.